The van der Waals surface area contributed by atoms with Gasteiger partial charge in [0, 0.05) is 12.4 Å². The lowest BCUT2D eigenvalue weighted by Crippen LogP contribution is -2.18. The SMILES string of the molecule is OCCCSCC1Cc2ccccc21. The van der Waals surface area contributed by atoms with Crippen LogP contribution in [0.1, 0.15) is 23.5 Å². The van der Waals surface area contributed by atoms with Crippen LogP contribution in [-0.4, -0.2) is 23.2 Å². The highest BCUT2D eigenvalue weighted by Gasteiger charge is 2.24. The van der Waals surface area contributed by atoms with Crippen LogP contribution in [0.4, 0.5) is 0 Å². The third-order valence-electron chi connectivity index (χ3n) is 2.73. The molecule has 0 saturated carbocycles. The largest absolute Gasteiger partial charge is 0.396 e. The van der Waals surface area contributed by atoms with E-state index in [9.17, 15) is 0 Å². The fourth-order valence-corrected chi connectivity index (χ4v) is 2.99. The first-order chi connectivity index (χ1) is 6.92. The summed E-state index contributed by atoms with van der Waals surface area (Å²) in [5.41, 5.74) is 3.07. The first-order valence-electron chi connectivity index (χ1n) is 5.18. The lowest BCUT2D eigenvalue weighted by atomic mass is 9.79. The quantitative estimate of drug-likeness (QED) is 0.750. The zero-order valence-electron chi connectivity index (χ0n) is 8.28. The first kappa shape index (κ1) is 10.1. The molecule has 76 valence electrons. The molecule has 1 atom stereocenters. The minimum Gasteiger partial charge on any atom is -0.396 e. The maximum absolute atomic E-state index is 8.65. The van der Waals surface area contributed by atoms with E-state index >= 15 is 0 Å². The standard InChI is InChI=1S/C12H16OS/c13-6-3-7-14-9-11-8-10-4-1-2-5-12(10)11/h1-2,4-5,11,13H,3,6-9H2. The van der Waals surface area contributed by atoms with Gasteiger partial charge in [0.1, 0.15) is 0 Å². The summed E-state index contributed by atoms with van der Waals surface area (Å²) >= 11 is 1.97. The van der Waals surface area contributed by atoms with Crippen LogP contribution in [0.2, 0.25) is 0 Å². The van der Waals surface area contributed by atoms with E-state index < -0.39 is 0 Å². The van der Waals surface area contributed by atoms with Gasteiger partial charge in [-0.15, -0.1) is 0 Å². The summed E-state index contributed by atoms with van der Waals surface area (Å²) in [6.07, 6.45) is 2.18. The normalized spacial score (nSPS) is 18.8. The number of benzene rings is 1. The average molecular weight is 208 g/mol. The Hall–Kier alpha value is -0.470. The molecule has 1 aromatic rings. The molecule has 1 aliphatic carbocycles. The molecule has 0 bridgehead atoms. The van der Waals surface area contributed by atoms with Gasteiger partial charge in [-0.25, -0.2) is 0 Å². The van der Waals surface area contributed by atoms with Crippen molar-refractivity contribution in [3.05, 3.63) is 35.4 Å². The average Bonchev–Trinajstić information content (AvgIpc) is 2.19. The van der Waals surface area contributed by atoms with Gasteiger partial charge in [0.05, 0.1) is 0 Å². The molecule has 2 rings (SSSR count). The number of hydrogen-bond acceptors (Lipinski definition) is 2. The molecule has 0 heterocycles. The Morgan fingerprint density at radius 1 is 1.36 bits per heavy atom. The van der Waals surface area contributed by atoms with Crippen molar-refractivity contribution >= 4 is 11.8 Å². The zero-order chi connectivity index (χ0) is 9.80. The molecule has 1 nitrogen and oxygen atoms in total. The van der Waals surface area contributed by atoms with Gasteiger partial charge in [-0.05, 0) is 35.6 Å². The van der Waals surface area contributed by atoms with Crippen molar-refractivity contribution < 1.29 is 5.11 Å². The Balaban J connectivity index is 1.76. The van der Waals surface area contributed by atoms with Crippen LogP contribution in [0.5, 0.6) is 0 Å². The maximum atomic E-state index is 8.65. The van der Waals surface area contributed by atoms with E-state index in [0.717, 1.165) is 18.1 Å². The number of hydrogen-bond donors (Lipinski definition) is 1. The summed E-state index contributed by atoms with van der Waals surface area (Å²) in [4.78, 5) is 0. The van der Waals surface area contributed by atoms with Gasteiger partial charge in [0.25, 0.3) is 0 Å². The van der Waals surface area contributed by atoms with Gasteiger partial charge in [-0.3, -0.25) is 0 Å². The molecular formula is C12H16OS. The molecule has 0 aliphatic heterocycles. The highest BCUT2D eigenvalue weighted by Crippen LogP contribution is 2.36. The fourth-order valence-electron chi connectivity index (χ4n) is 1.90. The lowest BCUT2D eigenvalue weighted by molar-refractivity contribution is 0.296. The Morgan fingerprint density at radius 3 is 3.00 bits per heavy atom. The number of aliphatic hydroxyl groups excluding tert-OH is 1. The summed E-state index contributed by atoms with van der Waals surface area (Å²) in [5, 5.41) is 8.65. The molecule has 1 N–H and O–H groups in total. The Bertz CT molecular complexity index is 298. The third kappa shape index (κ3) is 2.12. The number of thioether (sulfide) groups is 1. The van der Waals surface area contributed by atoms with Gasteiger partial charge in [-0.2, -0.15) is 11.8 Å². The van der Waals surface area contributed by atoms with Gasteiger partial charge in [0.15, 0.2) is 0 Å². The predicted octanol–water partition coefficient (Wildman–Crippen LogP) is 2.44. The van der Waals surface area contributed by atoms with Gasteiger partial charge < -0.3 is 5.11 Å². The molecule has 1 aliphatic rings. The zero-order valence-corrected chi connectivity index (χ0v) is 9.09. The van der Waals surface area contributed by atoms with Crippen LogP contribution < -0.4 is 0 Å². The molecular weight excluding hydrogens is 192 g/mol. The molecule has 14 heavy (non-hydrogen) atoms. The van der Waals surface area contributed by atoms with Crippen LogP contribution in [0.15, 0.2) is 24.3 Å². The molecule has 0 saturated heterocycles. The number of aliphatic hydroxyl groups is 1. The van der Waals surface area contributed by atoms with Crippen molar-refractivity contribution in [1.82, 2.24) is 0 Å². The molecule has 2 heteroatoms. The van der Waals surface area contributed by atoms with Crippen LogP contribution in [-0.2, 0) is 6.42 Å². The van der Waals surface area contributed by atoms with Crippen molar-refractivity contribution in [1.29, 1.82) is 0 Å². The second-order valence-electron chi connectivity index (χ2n) is 3.75. The molecule has 0 aromatic heterocycles. The van der Waals surface area contributed by atoms with Crippen LogP contribution in [0.3, 0.4) is 0 Å². The summed E-state index contributed by atoms with van der Waals surface area (Å²) in [7, 11) is 0. The minimum absolute atomic E-state index is 0.328. The van der Waals surface area contributed by atoms with Crippen LogP contribution >= 0.6 is 11.8 Å². The third-order valence-corrected chi connectivity index (χ3v) is 3.94. The second kappa shape index (κ2) is 4.85. The monoisotopic (exact) mass is 208 g/mol. The summed E-state index contributed by atoms with van der Waals surface area (Å²) in [6, 6.07) is 8.72. The number of rotatable bonds is 5. The van der Waals surface area contributed by atoms with E-state index in [-0.39, 0.29) is 0 Å². The molecule has 0 fully saturated rings. The van der Waals surface area contributed by atoms with Crippen molar-refractivity contribution in [2.24, 2.45) is 0 Å². The highest BCUT2D eigenvalue weighted by atomic mass is 32.2. The van der Waals surface area contributed by atoms with Crippen LogP contribution in [0.25, 0.3) is 0 Å². The number of fused-ring (bicyclic) bond motifs is 1. The van der Waals surface area contributed by atoms with Gasteiger partial charge in [0.2, 0.25) is 0 Å². The topological polar surface area (TPSA) is 20.2 Å². The molecule has 1 unspecified atom stereocenters. The summed E-state index contributed by atoms with van der Waals surface area (Å²) in [6.45, 7) is 0.328. The van der Waals surface area contributed by atoms with Gasteiger partial charge >= 0.3 is 0 Å². The van der Waals surface area contributed by atoms with Crippen molar-refractivity contribution in [2.45, 2.75) is 18.8 Å². The molecule has 1 aromatic carbocycles. The van der Waals surface area contributed by atoms with E-state index in [1.54, 1.807) is 5.56 Å². The fraction of sp³-hybridized carbons (Fsp3) is 0.500. The highest BCUT2D eigenvalue weighted by molar-refractivity contribution is 7.99. The molecule has 0 amide bonds. The lowest BCUT2D eigenvalue weighted by Gasteiger charge is -2.29. The molecule has 0 spiro atoms. The van der Waals surface area contributed by atoms with E-state index in [4.69, 9.17) is 5.11 Å². The summed E-state index contributed by atoms with van der Waals surface area (Å²) < 4.78 is 0. The maximum Gasteiger partial charge on any atom is 0.0438 e. The van der Waals surface area contributed by atoms with Crippen molar-refractivity contribution in [3.63, 3.8) is 0 Å². The van der Waals surface area contributed by atoms with Crippen molar-refractivity contribution in [2.75, 3.05) is 18.1 Å². The smallest absolute Gasteiger partial charge is 0.0438 e. The van der Waals surface area contributed by atoms with E-state index in [0.29, 0.717) is 6.61 Å². The second-order valence-corrected chi connectivity index (χ2v) is 4.90. The minimum atomic E-state index is 0.328. The summed E-state index contributed by atoms with van der Waals surface area (Å²) in [5.74, 6) is 3.08. The van der Waals surface area contributed by atoms with Crippen molar-refractivity contribution in [3.8, 4) is 0 Å². The van der Waals surface area contributed by atoms with Gasteiger partial charge in [-0.1, -0.05) is 24.3 Å². The molecule has 0 radical (unpaired) electrons. The first-order valence-corrected chi connectivity index (χ1v) is 6.33. The van der Waals surface area contributed by atoms with Crippen LogP contribution in [0, 0.1) is 0 Å². The Morgan fingerprint density at radius 2 is 2.21 bits per heavy atom. The van der Waals surface area contributed by atoms with E-state index in [2.05, 4.69) is 24.3 Å². The van der Waals surface area contributed by atoms with E-state index in [1.165, 1.54) is 17.7 Å². The van der Waals surface area contributed by atoms with E-state index in [1.807, 2.05) is 11.8 Å². The predicted molar refractivity (Wildman–Crippen MR) is 61.9 cm³/mol. The Labute approximate surface area is 89.5 Å². The Kier molecular flexibility index (Phi) is 3.49.